The summed E-state index contributed by atoms with van der Waals surface area (Å²) >= 11 is 12.0. The number of halogens is 2. The van der Waals surface area contributed by atoms with Crippen molar-refractivity contribution >= 4 is 23.2 Å². The van der Waals surface area contributed by atoms with Crippen molar-refractivity contribution in [1.82, 2.24) is 5.32 Å². The van der Waals surface area contributed by atoms with Gasteiger partial charge in [0.15, 0.2) is 0 Å². The summed E-state index contributed by atoms with van der Waals surface area (Å²) in [7, 11) is 0. The van der Waals surface area contributed by atoms with Crippen LogP contribution in [0, 0.1) is 11.8 Å². The molecular formula is C14H17Cl2N. The molecule has 1 aliphatic heterocycles. The third-order valence-corrected chi connectivity index (χ3v) is 4.20. The number of piperidine rings is 1. The quantitative estimate of drug-likeness (QED) is 0.820. The van der Waals surface area contributed by atoms with Crippen molar-refractivity contribution in [3.8, 4) is 0 Å². The highest BCUT2D eigenvalue weighted by Crippen LogP contribution is 2.28. The zero-order chi connectivity index (χ0) is 12.3. The molecule has 92 valence electrons. The van der Waals surface area contributed by atoms with Gasteiger partial charge in [-0.2, -0.15) is 0 Å². The second-order valence-corrected chi connectivity index (χ2v) is 5.42. The first-order valence-electron chi connectivity index (χ1n) is 5.98. The summed E-state index contributed by atoms with van der Waals surface area (Å²) < 4.78 is 0. The molecule has 0 aliphatic carbocycles. The van der Waals surface area contributed by atoms with Gasteiger partial charge in [0.05, 0.1) is 10.0 Å². The molecule has 17 heavy (non-hydrogen) atoms. The summed E-state index contributed by atoms with van der Waals surface area (Å²) in [5.41, 5.74) is 1.26. The van der Waals surface area contributed by atoms with E-state index >= 15 is 0 Å². The first-order valence-corrected chi connectivity index (χ1v) is 6.73. The normalized spacial score (nSPS) is 24.6. The van der Waals surface area contributed by atoms with E-state index in [1.54, 1.807) is 0 Å². The Morgan fingerprint density at radius 2 is 2.18 bits per heavy atom. The molecule has 1 aromatic rings. The molecule has 1 saturated heterocycles. The Bertz CT molecular complexity index is 403. The lowest BCUT2D eigenvalue weighted by Gasteiger charge is -2.30. The number of hydrogen-bond acceptors (Lipinski definition) is 1. The standard InChI is InChI=1S/C14H17Cl2N/c1-2-11-9-17-6-5-12(11)7-10-3-4-13(15)14(16)8-10/h2-4,8,11-12,17H,1,5-7,9H2/t11-,12?/m1/s1. The molecule has 0 radical (unpaired) electrons. The lowest BCUT2D eigenvalue weighted by molar-refractivity contribution is 0.300. The van der Waals surface area contributed by atoms with Gasteiger partial charge in [-0.3, -0.25) is 0 Å². The average molecular weight is 270 g/mol. The molecule has 0 amide bonds. The molecule has 0 bridgehead atoms. The first kappa shape index (κ1) is 12.9. The fourth-order valence-corrected chi connectivity index (χ4v) is 2.76. The molecule has 2 atom stereocenters. The highest BCUT2D eigenvalue weighted by atomic mass is 35.5. The number of rotatable bonds is 3. The van der Waals surface area contributed by atoms with Gasteiger partial charge in [-0.25, -0.2) is 0 Å². The molecule has 0 saturated carbocycles. The van der Waals surface area contributed by atoms with Gasteiger partial charge in [0, 0.05) is 6.54 Å². The molecule has 1 heterocycles. The Hall–Kier alpha value is -0.500. The SMILES string of the molecule is C=C[C@@H]1CNCCC1Cc1ccc(Cl)c(Cl)c1. The zero-order valence-corrected chi connectivity index (χ0v) is 11.3. The molecule has 1 unspecified atom stereocenters. The van der Waals surface area contributed by atoms with Crippen LogP contribution in [-0.2, 0) is 6.42 Å². The molecule has 1 aromatic carbocycles. The van der Waals surface area contributed by atoms with Crippen LogP contribution in [0.3, 0.4) is 0 Å². The fourth-order valence-electron chi connectivity index (χ4n) is 2.44. The molecule has 1 N–H and O–H groups in total. The van der Waals surface area contributed by atoms with Crippen molar-refractivity contribution in [1.29, 1.82) is 0 Å². The minimum Gasteiger partial charge on any atom is -0.316 e. The van der Waals surface area contributed by atoms with Gasteiger partial charge in [0.25, 0.3) is 0 Å². The van der Waals surface area contributed by atoms with E-state index in [9.17, 15) is 0 Å². The molecule has 0 spiro atoms. The molecule has 1 nitrogen and oxygen atoms in total. The zero-order valence-electron chi connectivity index (χ0n) is 9.76. The van der Waals surface area contributed by atoms with Gasteiger partial charge >= 0.3 is 0 Å². The Balaban J connectivity index is 2.08. The maximum absolute atomic E-state index is 6.04. The third-order valence-electron chi connectivity index (χ3n) is 3.46. The smallest absolute Gasteiger partial charge is 0.0595 e. The van der Waals surface area contributed by atoms with Gasteiger partial charge in [0.1, 0.15) is 0 Å². The maximum atomic E-state index is 6.04. The maximum Gasteiger partial charge on any atom is 0.0595 e. The van der Waals surface area contributed by atoms with E-state index in [4.69, 9.17) is 23.2 Å². The van der Waals surface area contributed by atoms with Crippen molar-refractivity contribution in [2.75, 3.05) is 13.1 Å². The van der Waals surface area contributed by atoms with Crippen LogP contribution < -0.4 is 5.32 Å². The van der Waals surface area contributed by atoms with E-state index in [-0.39, 0.29) is 0 Å². The Morgan fingerprint density at radius 3 is 2.88 bits per heavy atom. The fraction of sp³-hybridized carbons (Fsp3) is 0.429. The highest BCUT2D eigenvalue weighted by molar-refractivity contribution is 6.42. The largest absolute Gasteiger partial charge is 0.316 e. The predicted molar refractivity (Wildman–Crippen MR) is 74.8 cm³/mol. The monoisotopic (exact) mass is 269 g/mol. The second kappa shape index (κ2) is 5.90. The van der Waals surface area contributed by atoms with Crippen LogP contribution in [0.25, 0.3) is 0 Å². The van der Waals surface area contributed by atoms with Crippen LogP contribution in [0.1, 0.15) is 12.0 Å². The van der Waals surface area contributed by atoms with E-state index in [0.717, 1.165) is 19.5 Å². The summed E-state index contributed by atoms with van der Waals surface area (Å²) in [5.74, 6) is 1.21. The molecule has 3 heteroatoms. The predicted octanol–water partition coefficient (Wildman–Crippen LogP) is 3.95. The summed E-state index contributed by atoms with van der Waals surface area (Å²) in [4.78, 5) is 0. The highest BCUT2D eigenvalue weighted by Gasteiger charge is 2.22. The lowest BCUT2D eigenvalue weighted by atomic mass is 9.82. The number of hydrogen-bond donors (Lipinski definition) is 1. The van der Waals surface area contributed by atoms with Crippen LogP contribution >= 0.6 is 23.2 Å². The summed E-state index contributed by atoms with van der Waals surface area (Å²) in [6.07, 6.45) is 4.31. The summed E-state index contributed by atoms with van der Waals surface area (Å²) in [6, 6.07) is 5.92. The molecule has 0 aromatic heterocycles. The minimum absolute atomic E-state index is 0.554. The van der Waals surface area contributed by atoms with Gasteiger partial charge in [-0.05, 0) is 48.9 Å². The number of nitrogens with one attached hydrogen (secondary N) is 1. The van der Waals surface area contributed by atoms with Crippen LogP contribution in [-0.4, -0.2) is 13.1 Å². The van der Waals surface area contributed by atoms with Crippen molar-refractivity contribution in [3.63, 3.8) is 0 Å². The van der Waals surface area contributed by atoms with Gasteiger partial charge in [-0.15, -0.1) is 6.58 Å². The van der Waals surface area contributed by atoms with E-state index in [1.165, 1.54) is 12.0 Å². The lowest BCUT2D eigenvalue weighted by Crippen LogP contribution is -2.36. The van der Waals surface area contributed by atoms with Gasteiger partial charge < -0.3 is 5.32 Å². The Morgan fingerprint density at radius 1 is 1.35 bits per heavy atom. The minimum atomic E-state index is 0.554. The van der Waals surface area contributed by atoms with Gasteiger partial charge in [0.2, 0.25) is 0 Å². The average Bonchev–Trinajstić information content (AvgIpc) is 2.34. The molecular weight excluding hydrogens is 253 g/mol. The van der Waals surface area contributed by atoms with E-state index < -0.39 is 0 Å². The second-order valence-electron chi connectivity index (χ2n) is 4.61. The molecule has 2 rings (SSSR count). The van der Waals surface area contributed by atoms with Crippen LogP contribution in [0.15, 0.2) is 30.9 Å². The number of benzene rings is 1. The summed E-state index contributed by atoms with van der Waals surface area (Å²) in [5, 5.41) is 4.68. The molecule has 1 aliphatic rings. The third kappa shape index (κ3) is 3.25. The van der Waals surface area contributed by atoms with Crippen LogP contribution in [0.4, 0.5) is 0 Å². The van der Waals surface area contributed by atoms with Crippen molar-refractivity contribution in [3.05, 3.63) is 46.5 Å². The van der Waals surface area contributed by atoms with Crippen LogP contribution in [0.5, 0.6) is 0 Å². The van der Waals surface area contributed by atoms with Gasteiger partial charge in [-0.1, -0.05) is 35.3 Å². The van der Waals surface area contributed by atoms with E-state index in [2.05, 4.69) is 24.0 Å². The Labute approximate surface area is 113 Å². The topological polar surface area (TPSA) is 12.0 Å². The van der Waals surface area contributed by atoms with Crippen molar-refractivity contribution in [2.45, 2.75) is 12.8 Å². The summed E-state index contributed by atoms with van der Waals surface area (Å²) in [6.45, 7) is 6.05. The van der Waals surface area contributed by atoms with E-state index in [0.29, 0.717) is 21.9 Å². The van der Waals surface area contributed by atoms with Crippen LogP contribution in [0.2, 0.25) is 10.0 Å². The Kier molecular flexibility index (Phi) is 4.49. The van der Waals surface area contributed by atoms with Crippen molar-refractivity contribution < 1.29 is 0 Å². The van der Waals surface area contributed by atoms with E-state index in [1.807, 2.05) is 12.1 Å². The van der Waals surface area contributed by atoms with Crippen molar-refractivity contribution in [2.24, 2.45) is 11.8 Å². The molecule has 1 fully saturated rings. The first-order chi connectivity index (χ1) is 8.20.